The standard InChI is InChI=1S/C29H26N2O5S/c1-4-35-21-14-12-19(16-22(21)36-5-2)25-24(26(32)18-9-7-6-8-10-18)27(33)28(34)31(25)29-30-20-13-11-17(3)15-23(20)37-29/h6-16,25,32H,4-5H2,1-3H3. The zero-order valence-electron chi connectivity index (χ0n) is 20.7. The monoisotopic (exact) mass is 514 g/mol. The first-order valence-corrected chi connectivity index (χ1v) is 12.9. The zero-order valence-corrected chi connectivity index (χ0v) is 21.5. The third-order valence-electron chi connectivity index (χ3n) is 6.11. The van der Waals surface area contributed by atoms with Gasteiger partial charge >= 0.3 is 5.91 Å². The molecule has 0 aliphatic carbocycles. The van der Waals surface area contributed by atoms with E-state index in [2.05, 4.69) is 4.98 Å². The van der Waals surface area contributed by atoms with Crippen molar-refractivity contribution >= 4 is 44.1 Å². The maximum Gasteiger partial charge on any atom is 0.301 e. The molecule has 2 heterocycles. The highest BCUT2D eigenvalue weighted by Crippen LogP contribution is 2.46. The fourth-order valence-corrected chi connectivity index (χ4v) is 5.55. The van der Waals surface area contributed by atoms with Crippen molar-refractivity contribution in [1.29, 1.82) is 0 Å². The van der Waals surface area contributed by atoms with Gasteiger partial charge in [0.1, 0.15) is 5.76 Å². The summed E-state index contributed by atoms with van der Waals surface area (Å²) in [6.45, 7) is 6.60. The highest BCUT2D eigenvalue weighted by Gasteiger charge is 2.48. The van der Waals surface area contributed by atoms with Gasteiger partial charge in [-0.2, -0.15) is 0 Å². The molecule has 1 aromatic heterocycles. The molecule has 0 bridgehead atoms. The summed E-state index contributed by atoms with van der Waals surface area (Å²) in [5.74, 6) is -0.704. The number of aliphatic hydroxyl groups excluding tert-OH is 1. The minimum Gasteiger partial charge on any atom is -0.507 e. The number of ketones is 1. The van der Waals surface area contributed by atoms with Gasteiger partial charge in [0.2, 0.25) is 0 Å². The van der Waals surface area contributed by atoms with Crippen LogP contribution in [0.15, 0.2) is 72.3 Å². The number of fused-ring (bicyclic) bond motifs is 1. The smallest absolute Gasteiger partial charge is 0.301 e. The highest BCUT2D eigenvalue weighted by atomic mass is 32.1. The highest BCUT2D eigenvalue weighted by molar-refractivity contribution is 7.22. The van der Waals surface area contributed by atoms with Crippen LogP contribution >= 0.6 is 11.3 Å². The molecule has 1 amide bonds. The first-order valence-electron chi connectivity index (χ1n) is 12.1. The lowest BCUT2D eigenvalue weighted by Crippen LogP contribution is -2.29. The molecule has 1 fully saturated rings. The van der Waals surface area contributed by atoms with Gasteiger partial charge in [-0.1, -0.05) is 53.8 Å². The number of anilines is 1. The summed E-state index contributed by atoms with van der Waals surface area (Å²) in [6, 6.07) is 19.0. The van der Waals surface area contributed by atoms with Crippen LogP contribution in [0.3, 0.4) is 0 Å². The number of Topliss-reactive ketones (excluding diaryl/α,β-unsaturated/α-hetero) is 1. The number of aromatic nitrogens is 1. The third-order valence-corrected chi connectivity index (χ3v) is 7.13. The molecule has 5 rings (SSSR count). The molecular formula is C29H26N2O5S. The van der Waals surface area contributed by atoms with Crippen molar-refractivity contribution in [2.45, 2.75) is 26.8 Å². The van der Waals surface area contributed by atoms with Gasteiger partial charge in [0, 0.05) is 5.56 Å². The van der Waals surface area contributed by atoms with Gasteiger partial charge in [0.15, 0.2) is 16.6 Å². The Labute approximate surface area is 218 Å². The molecule has 1 aliphatic rings. The first kappa shape index (κ1) is 24.5. The van der Waals surface area contributed by atoms with Crippen LogP contribution in [0.4, 0.5) is 5.13 Å². The number of carbonyl (C=O) groups excluding carboxylic acids is 2. The Morgan fingerprint density at radius 2 is 1.70 bits per heavy atom. The normalized spacial score (nSPS) is 16.9. The number of benzene rings is 3. The first-order chi connectivity index (χ1) is 17.9. The fraction of sp³-hybridized carbons (Fsp3) is 0.207. The molecule has 0 saturated carbocycles. The SMILES string of the molecule is CCOc1ccc(C2C(=C(O)c3ccccc3)C(=O)C(=O)N2c2nc3ccc(C)cc3s2)cc1OCC. The number of aliphatic hydroxyl groups is 1. The lowest BCUT2D eigenvalue weighted by atomic mass is 9.95. The van der Waals surface area contributed by atoms with Crippen LogP contribution in [0.2, 0.25) is 0 Å². The van der Waals surface area contributed by atoms with Crippen molar-refractivity contribution < 1.29 is 24.2 Å². The molecule has 37 heavy (non-hydrogen) atoms. The predicted molar refractivity (Wildman–Crippen MR) is 144 cm³/mol. The van der Waals surface area contributed by atoms with Crippen LogP contribution in [0.25, 0.3) is 16.0 Å². The Morgan fingerprint density at radius 3 is 2.43 bits per heavy atom. The van der Waals surface area contributed by atoms with E-state index in [1.165, 1.54) is 16.2 Å². The van der Waals surface area contributed by atoms with Gasteiger partial charge in [-0.05, 0) is 56.2 Å². The van der Waals surface area contributed by atoms with Crippen molar-refractivity contribution in [1.82, 2.24) is 4.98 Å². The molecule has 1 atom stereocenters. The average molecular weight is 515 g/mol. The minimum absolute atomic E-state index is 0.00162. The number of carbonyl (C=O) groups is 2. The van der Waals surface area contributed by atoms with Crippen molar-refractivity contribution in [2.75, 3.05) is 18.1 Å². The minimum atomic E-state index is -0.906. The van der Waals surface area contributed by atoms with E-state index in [4.69, 9.17) is 9.47 Å². The number of hydrogen-bond acceptors (Lipinski definition) is 7. The summed E-state index contributed by atoms with van der Waals surface area (Å²) in [5, 5.41) is 11.7. The average Bonchev–Trinajstić information content (AvgIpc) is 3.43. The van der Waals surface area contributed by atoms with E-state index in [9.17, 15) is 14.7 Å². The molecule has 188 valence electrons. The van der Waals surface area contributed by atoms with Crippen molar-refractivity contribution in [3.8, 4) is 11.5 Å². The third kappa shape index (κ3) is 4.44. The van der Waals surface area contributed by atoms with E-state index in [0.29, 0.717) is 41.0 Å². The van der Waals surface area contributed by atoms with Gasteiger partial charge in [-0.3, -0.25) is 14.5 Å². The molecule has 8 heteroatoms. The van der Waals surface area contributed by atoms with E-state index < -0.39 is 17.7 Å². The molecule has 7 nitrogen and oxygen atoms in total. The molecule has 1 N–H and O–H groups in total. The second-order valence-electron chi connectivity index (χ2n) is 8.57. The molecule has 0 spiro atoms. The van der Waals surface area contributed by atoms with Gasteiger partial charge in [0.05, 0.1) is 35.0 Å². The Kier molecular flexibility index (Phi) is 6.67. The number of rotatable bonds is 7. The van der Waals surface area contributed by atoms with Crippen LogP contribution < -0.4 is 14.4 Å². The molecule has 0 radical (unpaired) electrons. The second kappa shape index (κ2) is 10.1. The molecule has 1 aliphatic heterocycles. The zero-order chi connectivity index (χ0) is 26.1. The number of amides is 1. The predicted octanol–water partition coefficient (Wildman–Crippen LogP) is 6.03. The number of thiazole rings is 1. The van der Waals surface area contributed by atoms with Gasteiger partial charge in [-0.15, -0.1) is 0 Å². The van der Waals surface area contributed by atoms with E-state index in [1.54, 1.807) is 42.5 Å². The lowest BCUT2D eigenvalue weighted by Gasteiger charge is -2.24. The van der Waals surface area contributed by atoms with Crippen LogP contribution in [0, 0.1) is 6.92 Å². The lowest BCUT2D eigenvalue weighted by molar-refractivity contribution is -0.132. The Morgan fingerprint density at radius 1 is 0.973 bits per heavy atom. The number of aryl methyl sites for hydroxylation is 1. The Bertz CT molecular complexity index is 1530. The number of nitrogens with zero attached hydrogens (tertiary/aromatic N) is 2. The van der Waals surface area contributed by atoms with Crippen LogP contribution in [-0.2, 0) is 9.59 Å². The second-order valence-corrected chi connectivity index (χ2v) is 9.58. The quantitative estimate of drug-likeness (QED) is 0.184. The van der Waals surface area contributed by atoms with E-state index >= 15 is 0 Å². The fourth-order valence-electron chi connectivity index (χ4n) is 4.46. The maximum atomic E-state index is 13.5. The summed E-state index contributed by atoms with van der Waals surface area (Å²) in [7, 11) is 0. The van der Waals surface area contributed by atoms with E-state index in [1.807, 2.05) is 45.0 Å². The van der Waals surface area contributed by atoms with E-state index in [0.717, 1.165) is 15.8 Å². The Hall–Kier alpha value is -4.17. The van der Waals surface area contributed by atoms with Crippen LogP contribution in [-0.4, -0.2) is 35.0 Å². The summed E-state index contributed by atoms with van der Waals surface area (Å²) in [4.78, 5) is 33.0. The summed E-state index contributed by atoms with van der Waals surface area (Å²) >= 11 is 1.33. The molecule has 1 unspecified atom stereocenters. The van der Waals surface area contributed by atoms with Gasteiger partial charge in [-0.25, -0.2) is 4.98 Å². The van der Waals surface area contributed by atoms with Crippen molar-refractivity contribution in [2.24, 2.45) is 0 Å². The summed E-state index contributed by atoms with van der Waals surface area (Å²) in [5.41, 5.74) is 2.84. The molecule has 1 saturated heterocycles. The largest absolute Gasteiger partial charge is 0.507 e. The number of hydrogen-bond donors (Lipinski definition) is 1. The van der Waals surface area contributed by atoms with Crippen LogP contribution in [0.1, 0.15) is 36.6 Å². The molecular weight excluding hydrogens is 488 g/mol. The summed E-state index contributed by atoms with van der Waals surface area (Å²) < 4.78 is 12.4. The van der Waals surface area contributed by atoms with Gasteiger partial charge < -0.3 is 14.6 Å². The molecule has 4 aromatic rings. The Balaban J connectivity index is 1.73. The maximum absolute atomic E-state index is 13.5. The van der Waals surface area contributed by atoms with E-state index in [-0.39, 0.29) is 11.3 Å². The summed E-state index contributed by atoms with van der Waals surface area (Å²) in [6.07, 6.45) is 0. The van der Waals surface area contributed by atoms with Crippen molar-refractivity contribution in [3.05, 3.63) is 89.0 Å². The van der Waals surface area contributed by atoms with Crippen LogP contribution in [0.5, 0.6) is 11.5 Å². The number of ether oxygens (including phenoxy) is 2. The van der Waals surface area contributed by atoms with Crippen molar-refractivity contribution in [3.63, 3.8) is 0 Å². The topological polar surface area (TPSA) is 89.0 Å². The van der Waals surface area contributed by atoms with Gasteiger partial charge in [0.25, 0.3) is 5.78 Å². The molecule has 3 aromatic carbocycles.